The van der Waals surface area contributed by atoms with Gasteiger partial charge in [-0.3, -0.25) is 0 Å². The van der Waals surface area contributed by atoms with Crippen molar-refractivity contribution in [3.63, 3.8) is 0 Å². The lowest BCUT2D eigenvalue weighted by atomic mass is 10.3. The van der Waals surface area contributed by atoms with E-state index in [0.29, 0.717) is 12.5 Å². The molecule has 0 aromatic carbocycles. The first-order valence-electron chi connectivity index (χ1n) is 6.10. The van der Waals surface area contributed by atoms with Gasteiger partial charge >= 0.3 is 0 Å². The van der Waals surface area contributed by atoms with Gasteiger partial charge in [0.25, 0.3) is 0 Å². The van der Waals surface area contributed by atoms with Gasteiger partial charge in [0, 0.05) is 38.5 Å². The predicted molar refractivity (Wildman–Crippen MR) is 76.0 cm³/mol. The second-order valence-electron chi connectivity index (χ2n) is 5.68. The maximum atomic E-state index is 5.64. The number of ether oxygens (including phenoxy) is 1. The fourth-order valence-corrected chi connectivity index (χ4v) is 2.34. The molecule has 0 fully saturated rings. The van der Waals surface area contributed by atoms with Crippen molar-refractivity contribution >= 4 is 24.8 Å². The summed E-state index contributed by atoms with van der Waals surface area (Å²) >= 11 is 0. The molecular formula is C12H20N4OSi. The molecule has 6 heteroatoms. The van der Waals surface area contributed by atoms with Crippen LogP contribution in [0.2, 0.25) is 25.7 Å². The smallest absolute Gasteiger partial charge is 0.139 e. The molecule has 0 bridgehead atoms. The number of nitrogens with two attached hydrogens (primary N) is 1. The van der Waals surface area contributed by atoms with E-state index in [1.807, 2.05) is 6.20 Å². The molecular weight excluding hydrogens is 244 g/mol. The van der Waals surface area contributed by atoms with Gasteiger partial charge in [0.1, 0.15) is 12.5 Å². The highest BCUT2D eigenvalue weighted by atomic mass is 28.3. The minimum Gasteiger partial charge on any atom is -0.384 e. The van der Waals surface area contributed by atoms with Crippen molar-refractivity contribution in [2.75, 3.05) is 12.3 Å². The molecule has 2 aromatic heterocycles. The van der Waals surface area contributed by atoms with Crippen molar-refractivity contribution in [1.29, 1.82) is 0 Å². The minimum atomic E-state index is -1.02. The highest BCUT2D eigenvalue weighted by Crippen LogP contribution is 2.13. The minimum absolute atomic E-state index is 0.485. The fraction of sp³-hybridized carbons (Fsp3) is 0.500. The SMILES string of the molecule is C[Si](C)(C)CCOCn1cc2cnc(N)cc2n1. The number of hydrogen-bond acceptors (Lipinski definition) is 4. The van der Waals surface area contributed by atoms with E-state index in [0.717, 1.165) is 17.5 Å². The molecule has 2 rings (SSSR count). The molecule has 0 radical (unpaired) electrons. The van der Waals surface area contributed by atoms with Crippen LogP contribution in [0.4, 0.5) is 5.82 Å². The number of nitrogens with zero attached hydrogens (tertiary/aromatic N) is 3. The van der Waals surface area contributed by atoms with Gasteiger partial charge in [-0.25, -0.2) is 9.67 Å². The number of hydrogen-bond donors (Lipinski definition) is 1. The number of anilines is 1. The van der Waals surface area contributed by atoms with Gasteiger partial charge < -0.3 is 10.5 Å². The molecule has 2 aromatic rings. The Labute approximate surface area is 108 Å². The highest BCUT2D eigenvalue weighted by Gasteiger charge is 2.12. The molecule has 2 heterocycles. The van der Waals surface area contributed by atoms with Crippen LogP contribution in [-0.4, -0.2) is 29.4 Å². The Morgan fingerprint density at radius 3 is 2.89 bits per heavy atom. The van der Waals surface area contributed by atoms with Crippen molar-refractivity contribution in [3.05, 3.63) is 18.5 Å². The Morgan fingerprint density at radius 2 is 2.17 bits per heavy atom. The summed E-state index contributed by atoms with van der Waals surface area (Å²) in [6.07, 6.45) is 3.66. The van der Waals surface area contributed by atoms with E-state index in [1.54, 1.807) is 16.9 Å². The van der Waals surface area contributed by atoms with E-state index < -0.39 is 8.07 Å². The van der Waals surface area contributed by atoms with Crippen LogP contribution in [0.5, 0.6) is 0 Å². The van der Waals surface area contributed by atoms with Gasteiger partial charge in [-0.05, 0) is 6.04 Å². The molecule has 5 nitrogen and oxygen atoms in total. The number of rotatable bonds is 5. The van der Waals surface area contributed by atoms with E-state index in [9.17, 15) is 0 Å². The van der Waals surface area contributed by atoms with Crippen LogP contribution in [-0.2, 0) is 11.5 Å². The summed E-state index contributed by atoms with van der Waals surface area (Å²) in [5, 5.41) is 5.37. The molecule has 0 unspecified atom stereocenters. The molecule has 0 aliphatic carbocycles. The van der Waals surface area contributed by atoms with E-state index in [-0.39, 0.29) is 0 Å². The van der Waals surface area contributed by atoms with Crippen LogP contribution in [0.3, 0.4) is 0 Å². The Bertz CT molecular complexity index is 532. The van der Waals surface area contributed by atoms with Crippen molar-refractivity contribution < 1.29 is 4.74 Å². The maximum Gasteiger partial charge on any atom is 0.139 e. The van der Waals surface area contributed by atoms with Crippen LogP contribution in [0.25, 0.3) is 10.9 Å². The van der Waals surface area contributed by atoms with Crippen LogP contribution in [0.1, 0.15) is 0 Å². The first kappa shape index (κ1) is 13.0. The van der Waals surface area contributed by atoms with Crippen LogP contribution >= 0.6 is 0 Å². The summed E-state index contributed by atoms with van der Waals surface area (Å²) < 4.78 is 7.43. The van der Waals surface area contributed by atoms with Gasteiger partial charge in [-0.15, -0.1) is 0 Å². The average Bonchev–Trinajstić information content (AvgIpc) is 2.65. The van der Waals surface area contributed by atoms with Gasteiger partial charge in [-0.1, -0.05) is 19.6 Å². The molecule has 0 aliphatic rings. The molecule has 0 saturated heterocycles. The van der Waals surface area contributed by atoms with Crippen LogP contribution < -0.4 is 5.73 Å². The van der Waals surface area contributed by atoms with E-state index in [4.69, 9.17) is 10.5 Å². The largest absolute Gasteiger partial charge is 0.384 e. The third-order valence-corrected chi connectivity index (χ3v) is 4.38. The van der Waals surface area contributed by atoms with Gasteiger partial charge in [-0.2, -0.15) is 5.10 Å². The quantitative estimate of drug-likeness (QED) is 0.665. The van der Waals surface area contributed by atoms with E-state index in [2.05, 4.69) is 29.7 Å². The summed E-state index contributed by atoms with van der Waals surface area (Å²) in [7, 11) is -1.02. The predicted octanol–water partition coefficient (Wildman–Crippen LogP) is 2.33. The molecule has 0 spiro atoms. The molecule has 0 aliphatic heterocycles. The lowest BCUT2D eigenvalue weighted by Crippen LogP contribution is -2.22. The van der Waals surface area contributed by atoms with Crippen molar-refractivity contribution in [2.45, 2.75) is 32.4 Å². The molecule has 2 N–H and O–H groups in total. The zero-order chi connectivity index (χ0) is 13.2. The summed E-state index contributed by atoms with van der Waals surface area (Å²) in [4.78, 5) is 4.04. The molecule has 0 atom stereocenters. The zero-order valence-electron chi connectivity index (χ0n) is 11.2. The van der Waals surface area contributed by atoms with Crippen molar-refractivity contribution in [2.24, 2.45) is 0 Å². The van der Waals surface area contributed by atoms with Gasteiger partial charge in [0.15, 0.2) is 0 Å². The maximum absolute atomic E-state index is 5.64. The van der Waals surface area contributed by atoms with Crippen LogP contribution in [0.15, 0.2) is 18.5 Å². The normalized spacial score (nSPS) is 12.2. The lowest BCUT2D eigenvalue weighted by Gasteiger charge is -2.15. The Hall–Kier alpha value is -1.40. The first-order chi connectivity index (χ1) is 8.44. The average molecular weight is 264 g/mol. The standard InChI is InChI=1S/C12H20N4OSi/c1-18(2,3)5-4-17-9-16-8-10-7-14-12(13)6-11(10)15-16/h6-8H,4-5,9,13H2,1-3H3. The summed E-state index contributed by atoms with van der Waals surface area (Å²) in [5.74, 6) is 0.493. The Morgan fingerprint density at radius 1 is 1.39 bits per heavy atom. The number of aromatic nitrogens is 3. The third-order valence-electron chi connectivity index (χ3n) is 2.68. The number of pyridine rings is 1. The lowest BCUT2D eigenvalue weighted by molar-refractivity contribution is 0.0791. The molecule has 0 saturated carbocycles. The topological polar surface area (TPSA) is 66.0 Å². The first-order valence-corrected chi connectivity index (χ1v) is 9.81. The summed E-state index contributed by atoms with van der Waals surface area (Å²) in [5.41, 5.74) is 6.47. The number of nitrogen functional groups attached to an aromatic ring is 1. The van der Waals surface area contributed by atoms with Gasteiger partial charge in [0.05, 0.1) is 5.52 Å². The molecule has 18 heavy (non-hydrogen) atoms. The van der Waals surface area contributed by atoms with Crippen molar-refractivity contribution in [3.8, 4) is 0 Å². The summed E-state index contributed by atoms with van der Waals surface area (Å²) in [6, 6.07) is 2.94. The molecule has 98 valence electrons. The highest BCUT2D eigenvalue weighted by molar-refractivity contribution is 6.76. The zero-order valence-corrected chi connectivity index (χ0v) is 12.2. The van der Waals surface area contributed by atoms with Gasteiger partial charge in [0.2, 0.25) is 0 Å². The summed E-state index contributed by atoms with van der Waals surface area (Å²) in [6.45, 7) is 8.30. The van der Waals surface area contributed by atoms with E-state index >= 15 is 0 Å². The Kier molecular flexibility index (Phi) is 3.67. The molecule has 0 amide bonds. The van der Waals surface area contributed by atoms with Crippen LogP contribution in [0, 0.1) is 0 Å². The second-order valence-corrected chi connectivity index (χ2v) is 11.3. The Balaban J connectivity index is 1.92. The monoisotopic (exact) mass is 264 g/mol. The number of fused-ring (bicyclic) bond motifs is 1. The van der Waals surface area contributed by atoms with E-state index in [1.165, 1.54) is 6.04 Å². The second kappa shape index (κ2) is 5.07. The fourth-order valence-electron chi connectivity index (χ4n) is 1.59. The van der Waals surface area contributed by atoms with Crippen molar-refractivity contribution in [1.82, 2.24) is 14.8 Å². The third kappa shape index (κ3) is 3.54.